The minimum absolute atomic E-state index is 0. The van der Waals surface area contributed by atoms with E-state index in [-0.39, 0.29) is 29.0 Å². The van der Waals surface area contributed by atoms with Crippen molar-refractivity contribution < 1.29 is 14.5 Å². The molecule has 0 aromatic carbocycles. The molecule has 1 N–H and O–H groups in total. The second kappa shape index (κ2) is 8.86. The summed E-state index contributed by atoms with van der Waals surface area (Å²) < 4.78 is 4.91. The van der Waals surface area contributed by atoms with Crippen LogP contribution in [0.4, 0.5) is 0 Å². The van der Waals surface area contributed by atoms with Gasteiger partial charge < -0.3 is 10.1 Å². The molecule has 0 amide bonds. The first-order chi connectivity index (χ1) is 8.06. The van der Waals surface area contributed by atoms with E-state index in [2.05, 4.69) is 17.9 Å². The summed E-state index contributed by atoms with van der Waals surface area (Å²) in [5.41, 5.74) is -0.511. The third-order valence-electron chi connectivity index (χ3n) is 2.01. The highest BCUT2D eigenvalue weighted by Gasteiger charge is 2.31. The average Bonchev–Trinajstić information content (AvgIpc) is 2.29. The highest BCUT2D eigenvalue weighted by molar-refractivity contribution is 14.0. The topological polar surface area (TPSA) is 81.5 Å². The predicted octanol–water partition coefficient (Wildman–Crippen LogP) is 1.64. The molecule has 1 rings (SSSR count). The van der Waals surface area contributed by atoms with Crippen LogP contribution in [0.25, 0.3) is 0 Å². The number of esters is 1. The van der Waals surface area contributed by atoms with Gasteiger partial charge in [0.05, 0.1) is 4.92 Å². The molecule has 0 bridgehead atoms. The third-order valence-corrected chi connectivity index (χ3v) is 3.64. The van der Waals surface area contributed by atoms with Gasteiger partial charge >= 0.3 is 11.7 Å². The van der Waals surface area contributed by atoms with E-state index >= 15 is 0 Å². The van der Waals surface area contributed by atoms with Crippen LogP contribution >= 0.6 is 48.4 Å². The van der Waals surface area contributed by atoms with Crippen molar-refractivity contribution in [1.82, 2.24) is 5.32 Å². The second-order valence-electron chi connectivity index (χ2n) is 3.46. The molecule has 0 radical (unpaired) electrons. The van der Waals surface area contributed by atoms with Crippen molar-refractivity contribution in [3.63, 3.8) is 0 Å². The maximum absolute atomic E-state index is 11.6. The van der Waals surface area contributed by atoms with Crippen molar-refractivity contribution >= 4 is 54.3 Å². The van der Waals surface area contributed by atoms with Gasteiger partial charge in [0.15, 0.2) is 5.03 Å². The van der Waals surface area contributed by atoms with Crippen LogP contribution in [0, 0.1) is 10.1 Å². The van der Waals surface area contributed by atoms with E-state index in [1.165, 1.54) is 11.8 Å². The smallest absolute Gasteiger partial charge is 0.413 e. The SMILES string of the molecule is CC(CS)OC(=O)C(=C1NCCCS1)[N+](=O)[O-].I. The Kier molecular flexibility index (Phi) is 8.78. The molecular formula is C9H15IN2O4S2. The number of rotatable bonds is 4. The number of thioether (sulfide) groups is 1. The summed E-state index contributed by atoms with van der Waals surface area (Å²) in [6.45, 7) is 2.27. The van der Waals surface area contributed by atoms with Crippen LogP contribution in [-0.4, -0.2) is 35.0 Å². The zero-order valence-corrected chi connectivity index (χ0v) is 13.8. The third kappa shape index (κ3) is 5.22. The lowest BCUT2D eigenvalue weighted by molar-refractivity contribution is -0.422. The molecular weight excluding hydrogens is 391 g/mol. The number of nitro groups is 1. The van der Waals surface area contributed by atoms with Gasteiger partial charge in [-0.05, 0) is 13.3 Å². The summed E-state index contributed by atoms with van der Waals surface area (Å²) in [5, 5.41) is 14.0. The molecule has 6 nitrogen and oxygen atoms in total. The van der Waals surface area contributed by atoms with Crippen LogP contribution in [-0.2, 0) is 9.53 Å². The van der Waals surface area contributed by atoms with Crippen molar-refractivity contribution in [2.45, 2.75) is 19.4 Å². The molecule has 1 heterocycles. The average molecular weight is 406 g/mol. The molecule has 0 aromatic rings. The number of nitrogens with one attached hydrogen (secondary N) is 1. The minimum Gasteiger partial charge on any atom is -0.454 e. The van der Waals surface area contributed by atoms with Crippen molar-refractivity contribution in [2.24, 2.45) is 0 Å². The first-order valence-corrected chi connectivity index (χ1v) is 6.75. The van der Waals surface area contributed by atoms with Gasteiger partial charge in [-0.3, -0.25) is 10.1 Å². The normalized spacial score (nSPS) is 19.0. The molecule has 1 aliphatic heterocycles. The molecule has 1 aliphatic rings. The number of halogens is 1. The molecule has 1 atom stereocenters. The van der Waals surface area contributed by atoms with E-state index in [1.807, 2.05) is 0 Å². The van der Waals surface area contributed by atoms with Gasteiger partial charge in [-0.15, -0.1) is 35.7 Å². The highest BCUT2D eigenvalue weighted by Crippen LogP contribution is 2.23. The van der Waals surface area contributed by atoms with Gasteiger partial charge in [-0.25, -0.2) is 4.79 Å². The molecule has 1 saturated heterocycles. The Balaban J connectivity index is 0.00000289. The fourth-order valence-electron chi connectivity index (χ4n) is 1.18. The van der Waals surface area contributed by atoms with Gasteiger partial charge in [-0.1, -0.05) is 0 Å². The van der Waals surface area contributed by atoms with Crippen LogP contribution in [0.15, 0.2) is 10.7 Å². The minimum atomic E-state index is -0.909. The fourth-order valence-corrected chi connectivity index (χ4v) is 2.24. The van der Waals surface area contributed by atoms with Gasteiger partial charge in [0.2, 0.25) is 0 Å². The number of thiol groups is 1. The summed E-state index contributed by atoms with van der Waals surface area (Å²) in [6, 6.07) is 0. The quantitative estimate of drug-likeness (QED) is 0.185. The number of hydrogen-bond acceptors (Lipinski definition) is 7. The van der Waals surface area contributed by atoms with Crippen molar-refractivity contribution in [3.8, 4) is 0 Å². The Bertz CT molecular complexity index is 343. The molecule has 0 aromatic heterocycles. The van der Waals surface area contributed by atoms with Crippen LogP contribution < -0.4 is 5.32 Å². The summed E-state index contributed by atoms with van der Waals surface area (Å²) in [6.07, 6.45) is 0.469. The lowest BCUT2D eigenvalue weighted by Crippen LogP contribution is -2.28. The largest absolute Gasteiger partial charge is 0.454 e. The van der Waals surface area contributed by atoms with Crippen molar-refractivity contribution in [3.05, 3.63) is 20.8 Å². The van der Waals surface area contributed by atoms with Crippen LogP contribution in [0.2, 0.25) is 0 Å². The molecule has 1 fully saturated rings. The number of carbonyl (C=O) groups is 1. The molecule has 0 saturated carbocycles. The maximum Gasteiger partial charge on any atom is 0.413 e. The summed E-state index contributed by atoms with van der Waals surface area (Å²) in [7, 11) is 0. The summed E-state index contributed by atoms with van der Waals surface area (Å²) >= 11 is 5.22. The summed E-state index contributed by atoms with van der Waals surface area (Å²) in [4.78, 5) is 21.8. The second-order valence-corrected chi connectivity index (χ2v) is 4.93. The highest BCUT2D eigenvalue weighted by atomic mass is 127. The lowest BCUT2D eigenvalue weighted by atomic mass is 10.4. The van der Waals surface area contributed by atoms with Gasteiger partial charge in [0, 0.05) is 18.1 Å². The van der Waals surface area contributed by atoms with Crippen LogP contribution in [0.1, 0.15) is 13.3 Å². The van der Waals surface area contributed by atoms with Crippen molar-refractivity contribution in [2.75, 3.05) is 18.1 Å². The molecule has 0 aliphatic carbocycles. The zero-order valence-electron chi connectivity index (χ0n) is 9.75. The van der Waals surface area contributed by atoms with E-state index in [1.54, 1.807) is 6.92 Å². The van der Waals surface area contributed by atoms with Crippen LogP contribution in [0.5, 0.6) is 0 Å². The van der Waals surface area contributed by atoms with Gasteiger partial charge in [-0.2, -0.15) is 12.6 Å². The number of carbonyl (C=O) groups excluding carboxylic acids is 1. The monoisotopic (exact) mass is 406 g/mol. The van der Waals surface area contributed by atoms with E-state index in [0.29, 0.717) is 12.3 Å². The first-order valence-electron chi connectivity index (χ1n) is 5.13. The van der Waals surface area contributed by atoms with Gasteiger partial charge in [0.1, 0.15) is 6.10 Å². The Hall–Kier alpha value is -0.160. The predicted molar refractivity (Wildman–Crippen MR) is 83.9 cm³/mol. The number of ether oxygens (including phenoxy) is 1. The Morgan fingerprint density at radius 1 is 1.72 bits per heavy atom. The van der Waals surface area contributed by atoms with E-state index in [4.69, 9.17) is 4.74 Å². The number of nitrogens with zero attached hydrogens (tertiary/aromatic N) is 1. The fraction of sp³-hybridized carbons (Fsp3) is 0.667. The maximum atomic E-state index is 11.6. The molecule has 104 valence electrons. The number of hydrogen-bond donors (Lipinski definition) is 2. The first kappa shape index (κ1) is 17.8. The van der Waals surface area contributed by atoms with Crippen molar-refractivity contribution in [1.29, 1.82) is 0 Å². The van der Waals surface area contributed by atoms with E-state index in [9.17, 15) is 14.9 Å². The molecule has 9 heteroatoms. The molecule has 18 heavy (non-hydrogen) atoms. The van der Waals surface area contributed by atoms with Gasteiger partial charge in [0.25, 0.3) is 0 Å². The Labute approximate surface area is 132 Å². The zero-order chi connectivity index (χ0) is 12.8. The van der Waals surface area contributed by atoms with E-state index in [0.717, 1.165) is 12.2 Å². The summed E-state index contributed by atoms with van der Waals surface area (Å²) in [5.74, 6) is 0.176. The standard InChI is InChI=1S/C9H14N2O4S2.HI/c1-6(5-16)15-9(12)7(11(13)14)8-10-3-2-4-17-8;/h6,10,16H,2-5H2,1H3;1H. The Morgan fingerprint density at radius 2 is 2.39 bits per heavy atom. The lowest BCUT2D eigenvalue weighted by Gasteiger charge is -2.16. The van der Waals surface area contributed by atoms with Crippen LogP contribution in [0.3, 0.4) is 0 Å². The Morgan fingerprint density at radius 3 is 2.83 bits per heavy atom. The molecule has 1 unspecified atom stereocenters. The van der Waals surface area contributed by atoms with E-state index < -0.39 is 22.7 Å². The molecule has 0 spiro atoms.